The predicted octanol–water partition coefficient (Wildman–Crippen LogP) is 8.58. The molecule has 0 radical (unpaired) electrons. The van der Waals surface area contributed by atoms with Gasteiger partial charge >= 0.3 is 29.6 Å². The fourth-order valence-electron chi connectivity index (χ4n) is 9.04. The Morgan fingerprint density at radius 3 is 1.91 bits per heavy atom. The monoisotopic (exact) mass is 985 g/mol. The zero-order valence-electron chi connectivity index (χ0n) is 37.6. The van der Waals surface area contributed by atoms with Crippen molar-refractivity contribution in [2.75, 3.05) is 13.1 Å². The van der Waals surface area contributed by atoms with Gasteiger partial charge in [-0.2, -0.15) is 5.26 Å². The van der Waals surface area contributed by atoms with Crippen LogP contribution in [-0.4, -0.2) is 40.0 Å². The molecule has 9 rings (SSSR count). The van der Waals surface area contributed by atoms with Crippen molar-refractivity contribution in [1.29, 1.82) is 10.5 Å². The number of carbonyl (C=O) groups excluding carboxylic acids is 3. The topological polar surface area (TPSA) is 139 Å². The summed E-state index contributed by atoms with van der Waals surface area (Å²) in [6.07, 6.45) is 25.4. The summed E-state index contributed by atoms with van der Waals surface area (Å²) in [5.74, 6) is 0.897. The number of fused-ring (bicyclic) bond motifs is 3. The molecule has 9 nitrogen and oxygen atoms in total. The first-order valence-corrected chi connectivity index (χ1v) is 22.6. The van der Waals surface area contributed by atoms with E-state index in [2.05, 4.69) is 58.1 Å². The number of pyridine rings is 1. The van der Waals surface area contributed by atoms with Crippen LogP contribution in [0.15, 0.2) is 97.5 Å². The molecule has 2 N–H and O–H groups in total. The summed E-state index contributed by atoms with van der Waals surface area (Å²) < 4.78 is 0. The van der Waals surface area contributed by atoms with E-state index in [9.17, 15) is 19.6 Å². The van der Waals surface area contributed by atoms with Crippen molar-refractivity contribution in [1.82, 2.24) is 20.5 Å². The SMILES string of the molecule is N#CC1c2ccccc2C=CN1C(=O)C1CCCCC1.O=C(Cl)C1CCCCC1.O=C(NCC1NCCc2ccccc21)C1CCCCC1.[C-]#N.[CH3-].[HH].[Na+].[Pd].c1ccc2cnccc2c1. The largest absolute Gasteiger partial charge is 1.00 e. The summed E-state index contributed by atoms with van der Waals surface area (Å²) in [4.78, 5) is 41.1. The fraction of sp³-hybridized carbons (Fsp3) is 0.442. The van der Waals surface area contributed by atoms with Gasteiger partial charge in [-0.3, -0.25) is 24.3 Å². The minimum atomic E-state index is -0.481. The molecule has 3 aromatic carbocycles. The smallest absolute Gasteiger partial charge is 0.512 e. The predicted molar refractivity (Wildman–Crippen MR) is 250 cm³/mol. The Balaban J connectivity index is 0.000000440. The van der Waals surface area contributed by atoms with E-state index in [-0.39, 0.29) is 99.7 Å². The van der Waals surface area contributed by atoms with Gasteiger partial charge in [-0.15, -0.1) is 0 Å². The number of nitriles is 1. The maximum Gasteiger partial charge on any atom is 1.00 e. The molecule has 2 unspecified atom stereocenters. The van der Waals surface area contributed by atoms with Crippen LogP contribution in [0.2, 0.25) is 0 Å². The molecule has 1 aromatic heterocycles. The second-order valence-corrected chi connectivity index (χ2v) is 16.8. The second kappa shape index (κ2) is 31.3. The molecule has 2 atom stereocenters. The molecule has 0 saturated heterocycles. The van der Waals surface area contributed by atoms with Crippen molar-refractivity contribution in [3.05, 3.63) is 134 Å². The number of amides is 2. The number of halogens is 1. The first-order chi connectivity index (χ1) is 29.9. The van der Waals surface area contributed by atoms with E-state index in [1.807, 2.05) is 60.9 Å². The summed E-state index contributed by atoms with van der Waals surface area (Å²) in [5.41, 5.74) is 4.74. The molecule has 0 spiro atoms. The minimum Gasteiger partial charge on any atom is -0.512 e. The van der Waals surface area contributed by atoms with Crippen LogP contribution in [0.1, 0.15) is 132 Å². The fourth-order valence-corrected chi connectivity index (χ4v) is 9.26. The van der Waals surface area contributed by atoms with E-state index >= 15 is 0 Å². The second-order valence-electron chi connectivity index (χ2n) is 16.5. The number of hydrogen-bond donors (Lipinski definition) is 2. The van der Waals surface area contributed by atoms with Gasteiger partial charge in [0.05, 0.1) is 6.07 Å². The Morgan fingerprint density at radius 2 is 1.31 bits per heavy atom. The van der Waals surface area contributed by atoms with Gasteiger partial charge in [0.15, 0.2) is 0 Å². The molecule has 0 bridgehead atoms. The van der Waals surface area contributed by atoms with E-state index in [0.29, 0.717) is 6.54 Å². The molecule has 3 aliphatic carbocycles. The van der Waals surface area contributed by atoms with Gasteiger partial charge in [0, 0.05) is 70.8 Å². The number of hydrogen-bond acceptors (Lipinski definition) is 7. The van der Waals surface area contributed by atoms with Crippen LogP contribution < -0.4 is 40.2 Å². The number of carbonyl (C=O) groups is 3. The number of benzene rings is 3. The van der Waals surface area contributed by atoms with Gasteiger partial charge in [-0.1, -0.05) is 131 Å². The Hall–Kier alpha value is -3.69. The maximum absolute atomic E-state index is 12.7. The van der Waals surface area contributed by atoms with Gasteiger partial charge < -0.3 is 29.9 Å². The summed E-state index contributed by atoms with van der Waals surface area (Å²) in [5, 5.41) is 24.7. The average Bonchev–Trinajstić information content (AvgIpc) is 3.34. The van der Waals surface area contributed by atoms with Crippen molar-refractivity contribution in [3.8, 4) is 6.07 Å². The molecule has 4 aromatic rings. The molecule has 340 valence electrons. The first kappa shape index (κ1) is 56.4. The number of rotatable bonds is 5. The van der Waals surface area contributed by atoms with Crippen LogP contribution in [0.5, 0.6) is 0 Å². The normalized spacial score (nSPS) is 18.8. The van der Waals surface area contributed by atoms with Crippen LogP contribution in [-0.2, 0) is 41.2 Å². The summed E-state index contributed by atoms with van der Waals surface area (Å²) in [7, 11) is 0. The van der Waals surface area contributed by atoms with E-state index < -0.39 is 6.04 Å². The molecule has 64 heavy (non-hydrogen) atoms. The average molecular weight is 987 g/mol. The molecular weight excluding hydrogens is 921 g/mol. The Labute approximate surface area is 424 Å². The third-order valence-electron chi connectivity index (χ3n) is 12.5. The Morgan fingerprint density at radius 1 is 0.766 bits per heavy atom. The van der Waals surface area contributed by atoms with E-state index in [4.69, 9.17) is 23.4 Å². The van der Waals surface area contributed by atoms with Crippen LogP contribution in [0.3, 0.4) is 0 Å². The number of nitrogens with zero attached hydrogens (tertiary/aromatic N) is 4. The molecule has 2 amide bonds. The quantitative estimate of drug-likeness (QED) is 0.116. The summed E-state index contributed by atoms with van der Waals surface area (Å²) in [6, 6.07) is 28.6. The van der Waals surface area contributed by atoms with Gasteiger partial charge in [0.25, 0.3) is 0 Å². The summed E-state index contributed by atoms with van der Waals surface area (Å²) in [6.45, 7) is 6.47. The van der Waals surface area contributed by atoms with Crippen LogP contribution in [0.4, 0.5) is 0 Å². The molecule has 2 aliphatic heterocycles. The molecule has 3 saturated carbocycles. The number of nitrogens with one attached hydrogen (secondary N) is 2. The van der Waals surface area contributed by atoms with Crippen molar-refractivity contribution in [3.63, 3.8) is 0 Å². The van der Waals surface area contributed by atoms with E-state index in [1.54, 1.807) is 11.1 Å². The maximum atomic E-state index is 12.7. The van der Waals surface area contributed by atoms with Gasteiger partial charge in [0.1, 0.15) is 6.04 Å². The van der Waals surface area contributed by atoms with Crippen molar-refractivity contribution in [2.45, 2.75) is 115 Å². The van der Waals surface area contributed by atoms with E-state index in [0.717, 1.165) is 75.5 Å². The molecule has 5 aliphatic rings. The third-order valence-corrected chi connectivity index (χ3v) is 12.8. The Kier molecular flexibility index (Phi) is 27.6. The first-order valence-electron chi connectivity index (χ1n) is 22.2. The molecule has 3 heterocycles. The zero-order valence-corrected chi connectivity index (χ0v) is 41.9. The molecule has 3 fully saturated rings. The molecule has 12 heteroatoms. The number of aromatic nitrogens is 1. The standard InChI is InChI=1S/C17H18N2O.C17H24N2O.C9H7N.C7H11ClO.CN.CH3.Na.Pd.H2/c18-12-16-15-9-5-4-6-13(15)10-11-19(16)17(20)14-7-2-1-3-8-14;20-17(14-7-2-1-3-8-14)19-12-16-15-9-5-4-6-13(15)10-11-18-16;1-2-4-9-7-10-6-5-8(9)3-1;8-7(9)6-4-2-1-3-5-6;1-2;;;;/h4-6,9-11,14,16H,1-3,7-8H2;4-6,9,14,16,18H,1-3,7-8,10-12H2,(H,19,20);1-7H;6H,1-5H2;;1H3;;;1H/q;;;;2*-1;+1;;. The Bertz CT molecular complexity index is 2050. The van der Waals surface area contributed by atoms with Gasteiger partial charge in [0.2, 0.25) is 17.1 Å². The minimum absolute atomic E-state index is 0. The van der Waals surface area contributed by atoms with E-state index in [1.165, 1.54) is 66.8 Å². The molecular formula is C52H65ClN6NaO3Pd-. The summed E-state index contributed by atoms with van der Waals surface area (Å²) >= 11 is 5.32. The van der Waals surface area contributed by atoms with Crippen molar-refractivity contribution < 1.29 is 65.8 Å². The van der Waals surface area contributed by atoms with Crippen molar-refractivity contribution in [2.24, 2.45) is 17.8 Å². The van der Waals surface area contributed by atoms with Gasteiger partial charge in [-0.25, -0.2) is 0 Å². The van der Waals surface area contributed by atoms with Crippen LogP contribution in [0, 0.1) is 48.3 Å². The zero-order chi connectivity index (χ0) is 43.2. The van der Waals surface area contributed by atoms with Crippen LogP contribution in [0.25, 0.3) is 16.8 Å². The third kappa shape index (κ3) is 16.9. The van der Waals surface area contributed by atoms with Crippen molar-refractivity contribution >= 4 is 45.5 Å². The van der Waals surface area contributed by atoms with Gasteiger partial charge in [-0.05, 0) is 108 Å². The van der Waals surface area contributed by atoms with Crippen LogP contribution >= 0.6 is 11.6 Å².